The quantitative estimate of drug-likeness (QED) is 0.221. The van der Waals surface area contributed by atoms with Crippen molar-refractivity contribution in [2.45, 2.75) is 6.61 Å². The number of anilines is 1. The number of benzene rings is 3. The van der Waals surface area contributed by atoms with Crippen molar-refractivity contribution in [2.24, 2.45) is 0 Å². The highest BCUT2D eigenvalue weighted by Crippen LogP contribution is 2.31. The Morgan fingerprint density at radius 1 is 0.941 bits per heavy atom. The maximum atomic E-state index is 13.1. The zero-order chi connectivity index (χ0) is 24.2. The number of methoxy groups -OCH3 is 1. The molecule has 172 valence electrons. The van der Waals surface area contributed by atoms with E-state index < -0.39 is 17.8 Å². The topological polar surface area (TPSA) is 84.9 Å². The average molecular weight is 680 g/mol. The molecule has 3 aromatic rings. The zero-order valence-corrected chi connectivity index (χ0v) is 22.2. The number of imide groups is 2. The van der Waals surface area contributed by atoms with E-state index >= 15 is 0 Å². The van der Waals surface area contributed by atoms with Crippen LogP contribution < -0.4 is 19.7 Å². The normalized spacial score (nSPS) is 14.9. The largest absolute Gasteiger partial charge is 0.497 e. The molecule has 34 heavy (non-hydrogen) atoms. The van der Waals surface area contributed by atoms with E-state index in [1.165, 1.54) is 13.2 Å². The zero-order valence-electron chi connectivity index (χ0n) is 17.9. The first-order valence-corrected chi connectivity index (χ1v) is 12.2. The van der Waals surface area contributed by atoms with Crippen molar-refractivity contribution in [3.63, 3.8) is 0 Å². The minimum absolute atomic E-state index is 0.139. The van der Waals surface area contributed by atoms with E-state index in [1.807, 2.05) is 42.5 Å². The number of rotatable bonds is 6. The molecule has 0 bridgehead atoms. The van der Waals surface area contributed by atoms with Crippen LogP contribution in [0.15, 0.2) is 72.3 Å². The van der Waals surface area contributed by atoms with Gasteiger partial charge < -0.3 is 9.47 Å². The first-order valence-electron chi connectivity index (χ1n) is 10.1. The van der Waals surface area contributed by atoms with Gasteiger partial charge in [0.2, 0.25) is 0 Å². The number of carbonyl (C=O) groups is 3. The maximum Gasteiger partial charge on any atom is 0.335 e. The number of carbonyl (C=O) groups excluding carboxylic acids is 3. The minimum Gasteiger partial charge on any atom is -0.497 e. The van der Waals surface area contributed by atoms with Crippen LogP contribution >= 0.6 is 45.2 Å². The lowest BCUT2D eigenvalue weighted by Crippen LogP contribution is -2.54. The Morgan fingerprint density at radius 2 is 1.59 bits per heavy atom. The van der Waals surface area contributed by atoms with Crippen LogP contribution in [0.5, 0.6) is 11.5 Å². The summed E-state index contributed by atoms with van der Waals surface area (Å²) in [6, 6.07) is 19.1. The van der Waals surface area contributed by atoms with E-state index in [0.717, 1.165) is 23.4 Å². The third-order valence-corrected chi connectivity index (χ3v) is 6.59. The van der Waals surface area contributed by atoms with E-state index in [9.17, 15) is 14.4 Å². The Balaban J connectivity index is 1.60. The molecule has 4 amide bonds. The Hall–Kier alpha value is -2.93. The Kier molecular flexibility index (Phi) is 7.51. The highest BCUT2D eigenvalue weighted by Gasteiger charge is 2.36. The van der Waals surface area contributed by atoms with Crippen molar-refractivity contribution in [3.05, 3.63) is 90.6 Å². The number of hydrogen-bond donors (Lipinski definition) is 1. The van der Waals surface area contributed by atoms with Gasteiger partial charge in [-0.3, -0.25) is 14.9 Å². The van der Waals surface area contributed by atoms with Gasteiger partial charge in [0.1, 0.15) is 23.7 Å². The second-order valence-corrected chi connectivity index (χ2v) is 9.57. The molecule has 0 aliphatic carbocycles. The molecule has 1 aliphatic rings. The third-order valence-electron chi connectivity index (χ3n) is 4.99. The van der Waals surface area contributed by atoms with Gasteiger partial charge in [-0.1, -0.05) is 30.3 Å². The van der Waals surface area contributed by atoms with Crippen molar-refractivity contribution < 1.29 is 23.9 Å². The molecule has 3 aromatic carbocycles. The van der Waals surface area contributed by atoms with E-state index in [1.54, 1.807) is 24.3 Å². The van der Waals surface area contributed by atoms with Crippen LogP contribution in [0.2, 0.25) is 0 Å². The number of halogens is 2. The van der Waals surface area contributed by atoms with Crippen molar-refractivity contribution >= 4 is 74.8 Å². The molecule has 1 aliphatic heterocycles. The lowest BCUT2D eigenvalue weighted by Gasteiger charge is -2.26. The van der Waals surface area contributed by atoms with Gasteiger partial charge in [-0.05, 0) is 98.8 Å². The molecule has 1 heterocycles. The van der Waals surface area contributed by atoms with Gasteiger partial charge in [-0.25, -0.2) is 9.69 Å². The number of barbiturate groups is 1. The molecule has 0 aromatic heterocycles. The van der Waals surface area contributed by atoms with Crippen LogP contribution in [-0.2, 0) is 16.2 Å². The monoisotopic (exact) mass is 680 g/mol. The fourth-order valence-corrected chi connectivity index (χ4v) is 5.45. The molecule has 4 rings (SSSR count). The molecular weight excluding hydrogens is 662 g/mol. The fraction of sp³-hybridized carbons (Fsp3) is 0.0800. The van der Waals surface area contributed by atoms with E-state index in [0.29, 0.717) is 23.6 Å². The molecule has 7 nitrogen and oxygen atoms in total. The predicted molar refractivity (Wildman–Crippen MR) is 145 cm³/mol. The average Bonchev–Trinajstić information content (AvgIpc) is 2.82. The van der Waals surface area contributed by atoms with Gasteiger partial charge in [0.25, 0.3) is 11.8 Å². The van der Waals surface area contributed by atoms with Crippen LogP contribution in [0.1, 0.15) is 11.1 Å². The highest BCUT2D eigenvalue weighted by atomic mass is 127. The number of amides is 4. The molecule has 0 atom stereocenters. The Morgan fingerprint density at radius 3 is 2.21 bits per heavy atom. The second-order valence-electron chi connectivity index (χ2n) is 7.24. The molecular formula is C25H18I2N2O5. The van der Waals surface area contributed by atoms with Gasteiger partial charge in [0.05, 0.1) is 19.9 Å². The standard InChI is InChI=1S/C25H18I2N2O5/c1-33-18-9-7-17(8-10-18)29-24(31)19(23(30)28-25(29)32)11-16-12-20(26)22(21(27)13-16)34-14-15-5-3-2-4-6-15/h2-13H,14H2,1H3,(H,28,30,32)/b19-11+. The molecule has 1 fully saturated rings. The van der Waals surface area contributed by atoms with Gasteiger partial charge in [-0.15, -0.1) is 0 Å². The van der Waals surface area contributed by atoms with E-state index in [4.69, 9.17) is 9.47 Å². The molecule has 0 unspecified atom stereocenters. The van der Waals surface area contributed by atoms with Crippen molar-refractivity contribution in [1.29, 1.82) is 0 Å². The van der Waals surface area contributed by atoms with Crippen LogP contribution in [0.4, 0.5) is 10.5 Å². The van der Waals surface area contributed by atoms with Gasteiger partial charge >= 0.3 is 6.03 Å². The SMILES string of the molecule is COc1ccc(N2C(=O)NC(=O)/C(=C\c3cc(I)c(OCc4ccccc4)c(I)c3)C2=O)cc1. The van der Waals surface area contributed by atoms with Crippen molar-refractivity contribution in [2.75, 3.05) is 12.0 Å². The predicted octanol–water partition coefficient (Wildman–Crippen LogP) is 5.15. The van der Waals surface area contributed by atoms with E-state index in [2.05, 4.69) is 50.5 Å². The highest BCUT2D eigenvalue weighted by molar-refractivity contribution is 14.1. The van der Waals surface area contributed by atoms with Gasteiger partial charge in [-0.2, -0.15) is 0 Å². The number of nitrogens with zero attached hydrogens (tertiary/aromatic N) is 1. The second kappa shape index (κ2) is 10.6. The summed E-state index contributed by atoms with van der Waals surface area (Å²) in [6.07, 6.45) is 1.48. The number of nitrogens with one attached hydrogen (secondary N) is 1. The Bertz CT molecular complexity index is 1270. The summed E-state index contributed by atoms with van der Waals surface area (Å²) in [4.78, 5) is 39.0. The smallest absolute Gasteiger partial charge is 0.335 e. The molecule has 1 N–H and O–H groups in total. The fourth-order valence-electron chi connectivity index (χ4n) is 3.32. The summed E-state index contributed by atoms with van der Waals surface area (Å²) in [6.45, 7) is 0.424. The van der Waals surface area contributed by atoms with Crippen LogP contribution in [0.25, 0.3) is 6.08 Å². The molecule has 0 saturated carbocycles. The van der Waals surface area contributed by atoms with Gasteiger partial charge in [0, 0.05) is 0 Å². The van der Waals surface area contributed by atoms with Crippen LogP contribution in [0.3, 0.4) is 0 Å². The summed E-state index contributed by atoms with van der Waals surface area (Å²) in [5.41, 5.74) is 1.88. The summed E-state index contributed by atoms with van der Waals surface area (Å²) in [7, 11) is 1.52. The summed E-state index contributed by atoms with van der Waals surface area (Å²) in [5.74, 6) is -0.136. The summed E-state index contributed by atoms with van der Waals surface area (Å²) in [5, 5.41) is 2.24. The van der Waals surface area contributed by atoms with Crippen molar-refractivity contribution in [3.8, 4) is 11.5 Å². The van der Waals surface area contributed by atoms with Crippen molar-refractivity contribution in [1.82, 2.24) is 5.32 Å². The first kappa shape index (κ1) is 24.2. The Labute approximate surface area is 223 Å². The molecule has 0 spiro atoms. The number of ether oxygens (including phenoxy) is 2. The number of hydrogen-bond acceptors (Lipinski definition) is 5. The lowest BCUT2D eigenvalue weighted by molar-refractivity contribution is -0.122. The number of urea groups is 1. The summed E-state index contributed by atoms with van der Waals surface area (Å²) < 4.78 is 12.8. The van der Waals surface area contributed by atoms with E-state index in [-0.39, 0.29) is 5.57 Å². The molecule has 1 saturated heterocycles. The minimum atomic E-state index is -0.800. The molecule has 9 heteroatoms. The molecule has 0 radical (unpaired) electrons. The van der Waals surface area contributed by atoms with Crippen LogP contribution in [0, 0.1) is 7.14 Å². The van der Waals surface area contributed by atoms with Crippen LogP contribution in [-0.4, -0.2) is 25.0 Å². The first-order chi connectivity index (χ1) is 16.4. The summed E-state index contributed by atoms with van der Waals surface area (Å²) >= 11 is 4.32. The van der Waals surface area contributed by atoms with Gasteiger partial charge in [0.15, 0.2) is 0 Å². The third kappa shape index (κ3) is 5.25. The maximum absolute atomic E-state index is 13.1. The lowest BCUT2D eigenvalue weighted by atomic mass is 10.1.